The zero-order valence-electron chi connectivity index (χ0n) is 18.0. The summed E-state index contributed by atoms with van der Waals surface area (Å²) >= 11 is 0. The quantitative estimate of drug-likeness (QED) is 0.494. The van der Waals surface area contributed by atoms with E-state index in [1.807, 2.05) is 0 Å². The van der Waals surface area contributed by atoms with Crippen molar-refractivity contribution in [2.24, 2.45) is 23.7 Å². The van der Waals surface area contributed by atoms with Crippen molar-refractivity contribution in [3.05, 3.63) is 132 Å². The lowest BCUT2D eigenvalue weighted by atomic mass is 9.57. The Balaban J connectivity index is 1.70. The van der Waals surface area contributed by atoms with Gasteiger partial charge in [0.2, 0.25) is 0 Å². The first-order valence-corrected chi connectivity index (χ1v) is 12.0. The van der Waals surface area contributed by atoms with Crippen LogP contribution in [0.2, 0.25) is 0 Å². The SMILES string of the molecule is C1=CC2=C(C(c3ccccc3)(c3ccccc3)C3CCCC3)C3C=CC=CC3C2C=C1. The van der Waals surface area contributed by atoms with Crippen LogP contribution in [-0.2, 0) is 5.41 Å². The first kappa shape index (κ1) is 18.9. The van der Waals surface area contributed by atoms with Crippen molar-refractivity contribution in [2.45, 2.75) is 31.1 Å². The number of rotatable bonds is 4. The Morgan fingerprint density at radius 2 is 1.19 bits per heavy atom. The van der Waals surface area contributed by atoms with Crippen molar-refractivity contribution in [1.82, 2.24) is 0 Å². The third kappa shape index (κ3) is 2.81. The third-order valence-electron chi connectivity index (χ3n) is 8.15. The highest BCUT2D eigenvalue weighted by atomic mass is 14.6. The van der Waals surface area contributed by atoms with E-state index in [0.717, 1.165) is 0 Å². The zero-order valence-corrected chi connectivity index (χ0v) is 18.0. The minimum atomic E-state index is -0.0724. The molecule has 154 valence electrons. The zero-order chi connectivity index (χ0) is 20.7. The van der Waals surface area contributed by atoms with Gasteiger partial charge in [0.05, 0.1) is 0 Å². The summed E-state index contributed by atoms with van der Waals surface area (Å²) in [5.41, 5.74) is 6.10. The highest BCUT2D eigenvalue weighted by Gasteiger charge is 2.53. The summed E-state index contributed by atoms with van der Waals surface area (Å²) in [6, 6.07) is 22.9. The van der Waals surface area contributed by atoms with Crippen molar-refractivity contribution in [3.63, 3.8) is 0 Å². The fourth-order valence-corrected chi connectivity index (χ4v) is 7.03. The van der Waals surface area contributed by atoms with Crippen LogP contribution in [0.4, 0.5) is 0 Å². The van der Waals surface area contributed by atoms with E-state index < -0.39 is 0 Å². The second kappa shape index (κ2) is 7.68. The van der Waals surface area contributed by atoms with Gasteiger partial charge in [-0.05, 0) is 47.0 Å². The van der Waals surface area contributed by atoms with Crippen LogP contribution in [0.25, 0.3) is 0 Å². The Labute approximate surface area is 186 Å². The predicted molar refractivity (Wildman–Crippen MR) is 130 cm³/mol. The molecule has 0 nitrogen and oxygen atoms in total. The smallest absolute Gasteiger partial charge is 0.0451 e. The maximum absolute atomic E-state index is 2.49. The minimum Gasteiger partial charge on any atom is -0.0796 e. The van der Waals surface area contributed by atoms with Gasteiger partial charge in [0.25, 0.3) is 0 Å². The van der Waals surface area contributed by atoms with Gasteiger partial charge in [-0.1, -0.05) is 122 Å². The molecule has 2 aromatic rings. The lowest BCUT2D eigenvalue weighted by Gasteiger charge is -2.45. The highest BCUT2D eigenvalue weighted by molar-refractivity contribution is 5.60. The molecule has 31 heavy (non-hydrogen) atoms. The molecule has 2 aromatic carbocycles. The van der Waals surface area contributed by atoms with Crippen molar-refractivity contribution < 1.29 is 0 Å². The van der Waals surface area contributed by atoms with E-state index in [-0.39, 0.29) is 5.41 Å². The topological polar surface area (TPSA) is 0 Å². The molecule has 0 heterocycles. The van der Waals surface area contributed by atoms with Gasteiger partial charge in [0, 0.05) is 17.3 Å². The van der Waals surface area contributed by atoms with Gasteiger partial charge in [0.15, 0.2) is 0 Å². The Morgan fingerprint density at radius 3 is 1.87 bits per heavy atom. The average Bonchev–Trinajstić information content (AvgIpc) is 3.49. The lowest BCUT2D eigenvalue weighted by Crippen LogP contribution is -2.40. The molecular weight excluding hydrogens is 372 g/mol. The Kier molecular flexibility index (Phi) is 4.68. The summed E-state index contributed by atoms with van der Waals surface area (Å²) in [6.07, 6.45) is 24.2. The summed E-state index contributed by atoms with van der Waals surface area (Å²) in [7, 11) is 0. The van der Waals surface area contributed by atoms with Crippen LogP contribution in [0.3, 0.4) is 0 Å². The summed E-state index contributed by atoms with van der Waals surface area (Å²) in [5.74, 6) is 2.11. The Hall–Kier alpha value is -2.86. The van der Waals surface area contributed by atoms with E-state index in [4.69, 9.17) is 0 Å². The summed E-state index contributed by atoms with van der Waals surface area (Å²) in [5, 5.41) is 0. The van der Waals surface area contributed by atoms with E-state index >= 15 is 0 Å². The second-order valence-corrected chi connectivity index (χ2v) is 9.53. The first-order chi connectivity index (χ1) is 15.4. The van der Waals surface area contributed by atoms with Crippen LogP contribution in [-0.4, -0.2) is 0 Å². The van der Waals surface area contributed by atoms with E-state index in [1.54, 1.807) is 11.1 Å². The fourth-order valence-electron chi connectivity index (χ4n) is 7.03. The molecule has 3 unspecified atom stereocenters. The molecule has 1 saturated carbocycles. The third-order valence-corrected chi connectivity index (χ3v) is 8.15. The second-order valence-electron chi connectivity index (χ2n) is 9.53. The van der Waals surface area contributed by atoms with Crippen LogP contribution >= 0.6 is 0 Å². The molecule has 0 N–H and O–H groups in total. The molecule has 0 radical (unpaired) electrons. The number of benzene rings is 2. The number of hydrogen-bond donors (Lipinski definition) is 0. The molecule has 0 aliphatic heterocycles. The molecule has 3 atom stereocenters. The molecule has 4 aliphatic carbocycles. The van der Waals surface area contributed by atoms with Gasteiger partial charge in [0.1, 0.15) is 0 Å². The van der Waals surface area contributed by atoms with E-state index in [2.05, 4.69) is 109 Å². The standard InChI is InChI=1S/C31H30/c1-3-13-23(14-4-1)31(25-17-7-8-18-25,24-15-5-2-6-16-24)30-28-21-11-9-19-26(28)27-20-10-12-22-29(27)30/h1-6,9-16,19-22,25-28H,7-8,17-18H2. The maximum atomic E-state index is 2.49. The largest absolute Gasteiger partial charge is 0.0796 e. The molecule has 0 heteroatoms. The van der Waals surface area contributed by atoms with Gasteiger partial charge in [-0.3, -0.25) is 0 Å². The molecule has 4 aliphatic rings. The average molecular weight is 403 g/mol. The summed E-state index contributed by atoms with van der Waals surface area (Å²) in [6.45, 7) is 0. The first-order valence-electron chi connectivity index (χ1n) is 12.0. The molecule has 6 rings (SSSR count). The summed E-state index contributed by atoms with van der Waals surface area (Å²) in [4.78, 5) is 0. The number of allylic oxidation sites excluding steroid dienone is 10. The van der Waals surface area contributed by atoms with Crippen molar-refractivity contribution in [2.75, 3.05) is 0 Å². The van der Waals surface area contributed by atoms with E-state index in [0.29, 0.717) is 23.7 Å². The van der Waals surface area contributed by atoms with Crippen LogP contribution < -0.4 is 0 Å². The van der Waals surface area contributed by atoms with Crippen molar-refractivity contribution in [1.29, 1.82) is 0 Å². The van der Waals surface area contributed by atoms with Crippen LogP contribution in [0.15, 0.2) is 120 Å². The predicted octanol–water partition coefficient (Wildman–Crippen LogP) is 7.57. The molecule has 0 spiro atoms. The molecule has 0 amide bonds. The fraction of sp³-hybridized carbons (Fsp3) is 0.290. The van der Waals surface area contributed by atoms with Crippen molar-refractivity contribution >= 4 is 0 Å². The Morgan fingerprint density at radius 1 is 0.613 bits per heavy atom. The molecule has 0 saturated heterocycles. The van der Waals surface area contributed by atoms with E-state index in [9.17, 15) is 0 Å². The van der Waals surface area contributed by atoms with E-state index in [1.165, 1.54) is 36.8 Å². The Bertz CT molecular complexity index is 1050. The molecule has 0 aromatic heterocycles. The molecular formula is C31H30. The number of hydrogen-bond acceptors (Lipinski definition) is 0. The van der Waals surface area contributed by atoms with Gasteiger partial charge >= 0.3 is 0 Å². The number of fused-ring (bicyclic) bond motifs is 3. The van der Waals surface area contributed by atoms with Gasteiger partial charge < -0.3 is 0 Å². The van der Waals surface area contributed by atoms with Gasteiger partial charge in [-0.2, -0.15) is 0 Å². The summed E-state index contributed by atoms with van der Waals surface area (Å²) < 4.78 is 0. The van der Waals surface area contributed by atoms with Gasteiger partial charge in [-0.25, -0.2) is 0 Å². The molecule has 1 fully saturated rings. The van der Waals surface area contributed by atoms with Crippen LogP contribution in [0.5, 0.6) is 0 Å². The molecule has 0 bridgehead atoms. The maximum Gasteiger partial charge on any atom is 0.0451 e. The normalized spacial score (nSPS) is 27.0. The minimum absolute atomic E-state index is 0.0724. The van der Waals surface area contributed by atoms with Crippen molar-refractivity contribution in [3.8, 4) is 0 Å². The lowest BCUT2D eigenvalue weighted by molar-refractivity contribution is 0.345. The van der Waals surface area contributed by atoms with Crippen LogP contribution in [0, 0.1) is 23.7 Å². The monoisotopic (exact) mass is 402 g/mol. The van der Waals surface area contributed by atoms with Gasteiger partial charge in [-0.15, -0.1) is 0 Å². The van der Waals surface area contributed by atoms with Crippen LogP contribution in [0.1, 0.15) is 36.8 Å². The highest BCUT2D eigenvalue weighted by Crippen LogP contribution is 2.60.